The number of non-ortho nitro benzene ring substituents is 1. The standard InChI is InChI=1S/C13H15N5O4/c1-8(10-4-3-5-11(6-10)18(20)21)15-13(19)14-7-12-16-9(2)22-17-12/h3-6,8H,7H2,1-2H3,(H2,14,15,19)/t8-/m1/s1. The maximum absolute atomic E-state index is 11.8. The maximum Gasteiger partial charge on any atom is 0.315 e. The van der Waals surface area contributed by atoms with E-state index >= 15 is 0 Å². The Hall–Kier alpha value is -2.97. The second-order valence-electron chi connectivity index (χ2n) is 4.63. The van der Waals surface area contributed by atoms with Crippen LogP contribution in [0.4, 0.5) is 10.5 Å². The fraction of sp³-hybridized carbons (Fsp3) is 0.308. The van der Waals surface area contributed by atoms with Crippen molar-refractivity contribution in [3.8, 4) is 0 Å². The van der Waals surface area contributed by atoms with Gasteiger partial charge in [-0.2, -0.15) is 4.98 Å². The molecule has 0 saturated carbocycles. The Morgan fingerprint density at radius 1 is 1.50 bits per heavy atom. The number of nitro benzene ring substituents is 1. The first-order chi connectivity index (χ1) is 10.5. The van der Waals surface area contributed by atoms with Crippen LogP contribution in [0.2, 0.25) is 0 Å². The number of nitrogens with one attached hydrogen (secondary N) is 2. The minimum Gasteiger partial charge on any atom is -0.340 e. The number of benzene rings is 1. The molecule has 2 rings (SSSR count). The number of amides is 2. The second-order valence-corrected chi connectivity index (χ2v) is 4.63. The van der Waals surface area contributed by atoms with Gasteiger partial charge in [0, 0.05) is 19.1 Å². The highest BCUT2D eigenvalue weighted by atomic mass is 16.6. The zero-order chi connectivity index (χ0) is 16.1. The van der Waals surface area contributed by atoms with Gasteiger partial charge in [-0.25, -0.2) is 4.79 Å². The van der Waals surface area contributed by atoms with Crippen molar-refractivity contribution in [3.05, 3.63) is 51.7 Å². The Kier molecular flexibility index (Phi) is 4.66. The van der Waals surface area contributed by atoms with Crippen molar-refractivity contribution in [2.75, 3.05) is 0 Å². The number of aryl methyl sites for hydroxylation is 1. The molecular weight excluding hydrogens is 290 g/mol. The molecule has 0 spiro atoms. The monoisotopic (exact) mass is 305 g/mol. The van der Waals surface area contributed by atoms with Gasteiger partial charge in [-0.3, -0.25) is 10.1 Å². The van der Waals surface area contributed by atoms with Crippen molar-refractivity contribution in [3.63, 3.8) is 0 Å². The molecule has 9 heteroatoms. The fourth-order valence-corrected chi connectivity index (χ4v) is 1.81. The number of carbonyl (C=O) groups excluding carboxylic acids is 1. The van der Waals surface area contributed by atoms with Crippen LogP contribution < -0.4 is 10.6 Å². The molecular formula is C13H15N5O4. The third-order valence-electron chi connectivity index (χ3n) is 2.91. The minimum absolute atomic E-state index is 0.0196. The van der Waals surface area contributed by atoms with Crippen molar-refractivity contribution in [2.45, 2.75) is 26.4 Å². The topological polar surface area (TPSA) is 123 Å². The molecule has 0 radical (unpaired) electrons. The lowest BCUT2D eigenvalue weighted by atomic mass is 10.1. The molecule has 1 atom stereocenters. The average molecular weight is 305 g/mol. The van der Waals surface area contributed by atoms with Gasteiger partial charge in [0.1, 0.15) is 0 Å². The van der Waals surface area contributed by atoms with Crippen molar-refractivity contribution in [2.24, 2.45) is 0 Å². The summed E-state index contributed by atoms with van der Waals surface area (Å²) >= 11 is 0. The van der Waals surface area contributed by atoms with Gasteiger partial charge in [0.05, 0.1) is 17.5 Å². The van der Waals surface area contributed by atoms with Gasteiger partial charge >= 0.3 is 6.03 Å². The number of hydrogen-bond acceptors (Lipinski definition) is 6. The van der Waals surface area contributed by atoms with Crippen molar-refractivity contribution >= 4 is 11.7 Å². The van der Waals surface area contributed by atoms with E-state index in [2.05, 4.69) is 20.8 Å². The number of carbonyl (C=O) groups is 1. The predicted octanol–water partition coefficient (Wildman–Crippen LogP) is 1.85. The predicted molar refractivity (Wildman–Crippen MR) is 75.9 cm³/mol. The highest BCUT2D eigenvalue weighted by molar-refractivity contribution is 5.74. The Morgan fingerprint density at radius 3 is 2.91 bits per heavy atom. The van der Waals surface area contributed by atoms with Crippen LogP contribution in [0.1, 0.15) is 30.2 Å². The summed E-state index contributed by atoms with van der Waals surface area (Å²) in [5.74, 6) is 0.790. The largest absolute Gasteiger partial charge is 0.340 e. The molecule has 2 N–H and O–H groups in total. The summed E-state index contributed by atoms with van der Waals surface area (Å²) < 4.78 is 4.79. The first kappa shape index (κ1) is 15.4. The summed E-state index contributed by atoms with van der Waals surface area (Å²) in [5, 5.41) is 19.7. The lowest BCUT2D eigenvalue weighted by molar-refractivity contribution is -0.384. The second kappa shape index (κ2) is 6.66. The zero-order valence-corrected chi connectivity index (χ0v) is 12.1. The molecule has 0 fully saturated rings. The molecule has 0 unspecified atom stereocenters. The van der Waals surface area contributed by atoms with Crippen LogP contribution >= 0.6 is 0 Å². The summed E-state index contributed by atoms with van der Waals surface area (Å²) in [6.07, 6.45) is 0. The highest BCUT2D eigenvalue weighted by Crippen LogP contribution is 2.18. The van der Waals surface area contributed by atoms with Gasteiger partial charge in [0.25, 0.3) is 5.69 Å². The van der Waals surface area contributed by atoms with Gasteiger partial charge < -0.3 is 15.2 Å². The Labute approximate surface area is 125 Å². The Balaban J connectivity index is 1.90. The zero-order valence-electron chi connectivity index (χ0n) is 12.1. The summed E-state index contributed by atoms with van der Waals surface area (Å²) in [4.78, 5) is 26.0. The van der Waals surface area contributed by atoms with Crippen molar-refractivity contribution in [1.82, 2.24) is 20.8 Å². The number of hydrogen-bond donors (Lipinski definition) is 2. The van der Waals surface area contributed by atoms with Crippen LogP contribution in [0.25, 0.3) is 0 Å². The number of nitro groups is 1. The molecule has 22 heavy (non-hydrogen) atoms. The summed E-state index contributed by atoms with van der Waals surface area (Å²) in [6, 6.07) is 5.29. The van der Waals surface area contributed by atoms with Crippen LogP contribution in [0.3, 0.4) is 0 Å². The van der Waals surface area contributed by atoms with E-state index in [0.717, 1.165) is 0 Å². The number of rotatable bonds is 5. The Morgan fingerprint density at radius 2 is 2.27 bits per heavy atom. The molecule has 2 aromatic rings. The van der Waals surface area contributed by atoms with Crippen LogP contribution in [-0.2, 0) is 6.54 Å². The van der Waals surface area contributed by atoms with Gasteiger partial charge in [-0.15, -0.1) is 0 Å². The van der Waals surface area contributed by atoms with E-state index in [1.54, 1.807) is 26.0 Å². The molecule has 0 aliphatic rings. The average Bonchev–Trinajstić information content (AvgIpc) is 2.91. The van der Waals surface area contributed by atoms with Crippen molar-refractivity contribution < 1.29 is 14.2 Å². The lowest BCUT2D eigenvalue weighted by Gasteiger charge is -2.14. The van der Waals surface area contributed by atoms with E-state index in [0.29, 0.717) is 17.3 Å². The molecule has 1 aromatic heterocycles. The molecule has 0 aliphatic heterocycles. The highest BCUT2D eigenvalue weighted by Gasteiger charge is 2.13. The first-order valence-electron chi connectivity index (χ1n) is 6.53. The normalized spacial score (nSPS) is 11.7. The molecule has 0 bridgehead atoms. The van der Waals surface area contributed by atoms with Gasteiger partial charge in [-0.05, 0) is 12.5 Å². The summed E-state index contributed by atoms with van der Waals surface area (Å²) in [7, 11) is 0. The third kappa shape index (κ3) is 4.01. The third-order valence-corrected chi connectivity index (χ3v) is 2.91. The Bertz CT molecular complexity index is 685. The summed E-state index contributed by atoms with van der Waals surface area (Å²) in [5.41, 5.74) is 0.619. The molecule has 0 aliphatic carbocycles. The maximum atomic E-state index is 11.8. The molecule has 116 valence electrons. The van der Waals surface area contributed by atoms with Crippen LogP contribution in [-0.4, -0.2) is 21.1 Å². The van der Waals surface area contributed by atoms with Crippen molar-refractivity contribution in [1.29, 1.82) is 0 Å². The first-order valence-corrected chi connectivity index (χ1v) is 6.53. The number of urea groups is 1. The quantitative estimate of drug-likeness (QED) is 0.641. The fourth-order valence-electron chi connectivity index (χ4n) is 1.81. The van der Waals surface area contributed by atoms with Crippen LogP contribution in [0, 0.1) is 17.0 Å². The van der Waals surface area contributed by atoms with Gasteiger partial charge in [0.2, 0.25) is 5.89 Å². The van der Waals surface area contributed by atoms with Gasteiger partial charge in [0.15, 0.2) is 5.82 Å². The van der Waals surface area contributed by atoms with E-state index in [1.807, 2.05) is 0 Å². The summed E-state index contributed by atoms with van der Waals surface area (Å²) in [6.45, 7) is 3.52. The van der Waals surface area contributed by atoms with E-state index in [9.17, 15) is 14.9 Å². The van der Waals surface area contributed by atoms with E-state index in [1.165, 1.54) is 12.1 Å². The van der Waals surface area contributed by atoms with E-state index in [4.69, 9.17) is 4.52 Å². The van der Waals surface area contributed by atoms with Crippen LogP contribution in [0.5, 0.6) is 0 Å². The van der Waals surface area contributed by atoms with Crippen LogP contribution in [0.15, 0.2) is 28.8 Å². The van der Waals surface area contributed by atoms with E-state index in [-0.39, 0.29) is 18.3 Å². The molecule has 1 aromatic carbocycles. The molecule has 1 heterocycles. The lowest BCUT2D eigenvalue weighted by Crippen LogP contribution is -2.36. The van der Waals surface area contributed by atoms with Gasteiger partial charge in [-0.1, -0.05) is 17.3 Å². The number of aromatic nitrogens is 2. The molecule has 2 amide bonds. The van der Waals surface area contributed by atoms with E-state index < -0.39 is 11.0 Å². The molecule has 0 saturated heterocycles. The SMILES string of the molecule is Cc1nc(CNC(=O)N[C@H](C)c2cccc([N+](=O)[O-])c2)no1. The molecule has 9 nitrogen and oxygen atoms in total. The number of nitrogens with zero attached hydrogens (tertiary/aromatic N) is 3. The minimum atomic E-state index is -0.477. The smallest absolute Gasteiger partial charge is 0.315 e.